The normalized spacial score (nSPS) is 14.4. The number of dihydropyridines is 1. The Morgan fingerprint density at radius 3 is 2.62 bits per heavy atom. The molecule has 0 amide bonds. The molecular formula is C28H17N3O. The van der Waals surface area contributed by atoms with Gasteiger partial charge in [-0.1, -0.05) is 60.7 Å². The fraction of sp³-hybridized carbons (Fsp3) is 0. The van der Waals surface area contributed by atoms with E-state index in [1.807, 2.05) is 42.5 Å². The summed E-state index contributed by atoms with van der Waals surface area (Å²) >= 11 is 0. The third-order valence-electron chi connectivity index (χ3n) is 6.04. The molecule has 0 radical (unpaired) electrons. The highest BCUT2D eigenvalue weighted by molar-refractivity contribution is 5.91. The van der Waals surface area contributed by atoms with E-state index >= 15 is 0 Å². The molecule has 0 fully saturated rings. The predicted molar refractivity (Wildman–Crippen MR) is 126 cm³/mol. The monoisotopic (exact) mass is 411 g/mol. The topological polar surface area (TPSA) is 46.5 Å². The lowest BCUT2D eigenvalue weighted by molar-refractivity contribution is 0.462. The van der Waals surface area contributed by atoms with Crippen molar-refractivity contribution in [2.24, 2.45) is 4.99 Å². The van der Waals surface area contributed by atoms with Gasteiger partial charge in [0.15, 0.2) is 0 Å². The van der Waals surface area contributed by atoms with Gasteiger partial charge in [-0.3, -0.25) is 0 Å². The van der Waals surface area contributed by atoms with Crippen molar-refractivity contribution in [3.63, 3.8) is 0 Å². The van der Waals surface area contributed by atoms with E-state index in [1.165, 1.54) is 0 Å². The average molecular weight is 411 g/mol. The smallest absolute Gasteiger partial charge is 0.219 e. The van der Waals surface area contributed by atoms with Crippen molar-refractivity contribution in [1.82, 2.24) is 10.3 Å². The Morgan fingerprint density at radius 1 is 0.781 bits per heavy atom. The van der Waals surface area contributed by atoms with Crippen LogP contribution in [0.3, 0.4) is 0 Å². The zero-order chi connectivity index (χ0) is 21.1. The number of pyridine rings is 1. The Morgan fingerprint density at radius 2 is 1.62 bits per heavy atom. The second kappa shape index (κ2) is 6.53. The van der Waals surface area contributed by atoms with Gasteiger partial charge in [-0.2, -0.15) is 0 Å². The maximum absolute atomic E-state index is 6.15. The Bertz CT molecular complexity index is 1630. The maximum atomic E-state index is 6.15. The molecule has 0 atom stereocenters. The highest BCUT2D eigenvalue weighted by Crippen LogP contribution is 2.41. The van der Waals surface area contributed by atoms with Gasteiger partial charge in [0.2, 0.25) is 5.88 Å². The van der Waals surface area contributed by atoms with Crippen LogP contribution in [0.2, 0.25) is 0 Å². The predicted octanol–water partition coefficient (Wildman–Crippen LogP) is 5.09. The van der Waals surface area contributed by atoms with Gasteiger partial charge >= 0.3 is 0 Å². The van der Waals surface area contributed by atoms with Crippen LogP contribution >= 0.6 is 0 Å². The summed E-state index contributed by atoms with van der Waals surface area (Å²) in [6.07, 6.45) is 6.16. The molecule has 1 aromatic heterocycles. The summed E-state index contributed by atoms with van der Waals surface area (Å²) in [6, 6.07) is 26.7. The summed E-state index contributed by atoms with van der Waals surface area (Å²) < 4.78 is 6.15. The first-order valence-corrected chi connectivity index (χ1v) is 10.6. The van der Waals surface area contributed by atoms with E-state index in [0.717, 1.165) is 61.4 Å². The van der Waals surface area contributed by atoms with Crippen LogP contribution in [0, 0.1) is 0 Å². The van der Waals surface area contributed by atoms with Crippen LogP contribution in [-0.4, -0.2) is 4.98 Å². The fourth-order valence-electron chi connectivity index (χ4n) is 4.57. The van der Waals surface area contributed by atoms with Crippen LogP contribution in [0.5, 0.6) is 11.6 Å². The molecule has 4 aromatic rings. The van der Waals surface area contributed by atoms with Crippen LogP contribution in [0.25, 0.3) is 33.6 Å². The van der Waals surface area contributed by atoms with Crippen LogP contribution in [0.15, 0.2) is 102 Å². The zero-order valence-electron chi connectivity index (χ0n) is 17.0. The van der Waals surface area contributed by atoms with Gasteiger partial charge in [-0.25, -0.2) is 9.98 Å². The van der Waals surface area contributed by atoms with Gasteiger partial charge in [-0.15, -0.1) is 0 Å². The fourth-order valence-corrected chi connectivity index (χ4v) is 4.57. The number of rotatable bonds is 0. The summed E-state index contributed by atoms with van der Waals surface area (Å²) in [5, 5.41) is 5.63. The van der Waals surface area contributed by atoms with Crippen LogP contribution < -0.4 is 20.6 Å². The SMILES string of the molecule is C1=CC2=c3cccc4c3=Nc3c(cccc3-4)-c3cccc(c3)Oc3cccc(n3)C(=C1)N2. The third-order valence-corrected chi connectivity index (χ3v) is 6.04. The van der Waals surface area contributed by atoms with Crippen molar-refractivity contribution in [2.45, 2.75) is 0 Å². The van der Waals surface area contributed by atoms with E-state index < -0.39 is 0 Å². The van der Waals surface area contributed by atoms with E-state index in [9.17, 15) is 0 Å². The van der Waals surface area contributed by atoms with Gasteiger partial charge in [-0.05, 0) is 35.9 Å². The zero-order valence-corrected chi connectivity index (χ0v) is 17.0. The first kappa shape index (κ1) is 17.3. The lowest BCUT2D eigenvalue weighted by Gasteiger charge is -2.16. The Kier molecular flexibility index (Phi) is 3.52. The molecule has 3 aromatic carbocycles. The summed E-state index contributed by atoms with van der Waals surface area (Å²) in [5.74, 6) is 1.30. The molecule has 0 saturated heterocycles. The highest BCUT2D eigenvalue weighted by atomic mass is 16.5. The van der Waals surface area contributed by atoms with Crippen LogP contribution in [-0.2, 0) is 0 Å². The quantitative estimate of drug-likeness (QED) is 0.386. The molecule has 8 bridgehead atoms. The van der Waals surface area contributed by atoms with Gasteiger partial charge < -0.3 is 10.1 Å². The van der Waals surface area contributed by atoms with E-state index in [1.54, 1.807) is 0 Å². The number of aromatic nitrogens is 1. The molecule has 0 spiro atoms. The number of nitrogens with one attached hydrogen (secondary N) is 1. The molecule has 150 valence electrons. The minimum Gasteiger partial charge on any atom is -0.439 e. The van der Waals surface area contributed by atoms with Gasteiger partial charge in [0.25, 0.3) is 0 Å². The summed E-state index contributed by atoms with van der Waals surface area (Å²) in [5.41, 5.74) is 8.20. The highest BCUT2D eigenvalue weighted by Gasteiger charge is 2.20. The van der Waals surface area contributed by atoms with Gasteiger partial charge in [0, 0.05) is 33.7 Å². The summed E-state index contributed by atoms with van der Waals surface area (Å²) in [7, 11) is 0. The number of hydrogen-bond acceptors (Lipinski definition) is 4. The Hall–Kier alpha value is -4.44. The first-order valence-electron chi connectivity index (χ1n) is 10.6. The number of para-hydroxylation sites is 2. The molecule has 4 heterocycles. The van der Waals surface area contributed by atoms with Gasteiger partial charge in [0.05, 0.1) is 22.4 Å². The van der Waals surface area contributed by atoms with Crippen molar-refractivity contribution >= 4 is 17.1 Å². The standard InChI is InChI=1S/C28H17N3O/c1-6-17-16-18(7-1)32-26-15-5-14-25(30-26)24-13-4-12-23(29-24)22-11-3-10-21-20-9-2-8-19(17)27(20)31-28(21)22/h1-16,29H. The summed E-state index contributed by atoms with van der Waals surface area (Å²) in [4.78, 5) is 9.89. The number of allylic oxidation sites excluding steroid dienone is 2. The molecule has 32 heavy (non-hydrogen) atoms. The number of ether oxygens (including phenoxy) is 1. The molecule has 0 saturated carbocycles. The summed E-state index contributed by atoms with van der Waals surface area (Å²) in [6.45, 7) is 0. The first-order chi connectivity index (χ1) is 15.8. The van der Waals surface area contributed by atoms with E-state index in [2.05, 4.69) is 59.9 Å². The van der Waals surface area contributed by atoms with E-state index in [0.29, 0.717) is 5.88 Å². The molecule has 0 unspecified atom stereocenters. The van der Waals surface area contributed by atoms with Crippen molar-refractivity contribution in [3.05, 3.63) is 113 Å². The van der Waals surface area contributed by atoms with Crippen molar-refractivity contribution in [2.75, 3.05) is 0 Å². The molecule has 3 aliphatic rings. The molecule has 0 aliphatic carbocycles. The number of nitrogens with zero attached hydrogens (tertiary/aromatic N) is 2. The molecule has 1 N–H and O–H groups in total. The third kappa shape index (κ3) is 2.56. The molecule has 4 heteroatoms. The van der Waals surface area contributed by atoms with Crippen molar-refractivity contribution in [1.29, 1.82) is 0 Å². The largest absolute Gasteiger partial charge is 0.439 e. The van der Waals surface area contributed by atoms with E-state index in [-0.39, 0.29) is 0 Å². The minimum absolute atomic E-state index is 0.557. The maximum Gasteiger partial charge on any atom is 0.219 e. The minimum atomic E-state index is 0.557. The molecule has 7 rings (SSSR count). The van der Waals surface area contributed by atoms with Crippen molar-refractivity contribution < 1.29 is 4.74 Å². The number of benzene rings is 3. The Labute approximate surface area is 184 Å². The van der Waals surface area contributed by atoms with Gasteiger partial charge in [0.1, 0.15) is 5.75 Å². The average Bonchev–Trinajstić information content (AvgIpc) is 3.23. The lowest BCUT2D eigenvalue weighted by Crippen LogP contribution is -2.32. The van der Waals surface area contributed by atoms with Crippen LogP contribution in [0.1, 0.15) is 5.69 Å². The number of fused-ring (bicyclic) bond motifs is 9. The van der Waals surface area contributed by atoms with Crippen molar-refractivity contribution in [3.8, 4) is 33.9 Å². The second-order valence-electron chi connectivity index (χ2n) is 7.98. The molecule has 4 nitrogen and oxygen atoms in total. The van der Waals surface area contributed by atoms with E-state index in [4.69, 9.17) is 14.7 Å². The molecule has 3 aliphatic heterocycles. The Balaban J connectivity index is 1.59. The number of hydrogen-bond donors (Lipinski definition) is 1. The second-order valence-corrected chi connectivity index (χ2v) is 7.98. The molecular weight excluding hydrogens is 394 g/mol. The van der Waals surface area contributed by atoms with Crippen LogP contribution in [0.4, 0.5) is 5.69 Å². The lowest BCUT2D eigenvalue weighted by atomic mass is 9.97.